The number of carbonyl (C=O) groups excluding carboxylic acids is 2. The second kappa shape index (κ2) is 9.51. The first-order valence-electron chi connectivity index (χ1n) is 10.6. The number of carbonyl (C=O) groups is 2. The molecule has 164 valence electrons. The van der Waals surface area contributed by atoms with Gasteiger partial charge in [-0.1, -0.05) is 18.2 Å². The van der Waals surface area contributed by atoms with Crippen LogP contribution in [0.25, 0.3) is 17.0 Å². The molecule has 0 unspecified atom stereocenters. The molecule has 2 amide bonds. The molecule has 1 aliphatic rings. The number of methoxy groups -OCH3 is 1. The van der Waals surface area contributed by atoms with Gasteiger partial charge in [-0.25, -0.2) is 0 Å². The van der Waals surface area contributed by atoms with Gasteiger partial charge in [-0.3, -0.25) is 14.4 Å². The molecule has 1 saturated heterocycles. The number of H-pyrrole nitrogens is 1. The fraction of sp³-hybridized carbons (Fsp3) is 0.240. The standard InChI is InChI=1S/C25H25N3O4/c1-32-20-11-10-18-14-19(24(30)26-21(18)16-20)15-22(25(31)28-12-6-3-7-13-28)27-23(29)17-8-4-2-5-9-17/h2,4-5,8-11,14-16H,3,6-7,12-13H2,1H3,(H,26,30)(H,27,29)/b22-15-. The van der Waals surface area contributed by atoms with Crippen LogP contribution >= 0.6 is 0 Å². The van der Waals surface area contributed by atoms with E-state index in [1.165, 1.54) is 6.08 Å². The van der Waals surface area contributed by atoms with Crippen molar-refractivity contribution in [2.45, 2.75) is 19.3 Å². The van der Waals surface area contributed by atoms with E-state index in [-0.39, 0.29) is 22.7 Å². The van der Waals surface area contributed by atoms with Crippen molar-refractivity contribution in [3.63, 3.8) is 0 Å². The molecule has 0 saturated carbocycles. The van der Waals surface area contributed by atoms with Gasteiger partial charge >= 0.3 is 0 Å². The zero-order chi connectivity index (χ0) is 22.5. The van der Waals surface area contributed by atoms with Gasteiger partial charge in [-0.2, -0.15) is 0 Å². The highest BCUT2D eigenvalue weighted by atomic mass is 16.5. The number of aromatic nitrogens is 1. The van der Waals surface area contributed by atoms with Crippen molar-refractivity contribution >= 4 is 28.8 Å². The summed E-state index contributed by atoms with van der Waals surface area (Å²) in [4.78, 5) is 43.3. The number of piperidine rings is 1. The molecule has 0 aliphatic carbocycles. The second-order valence-corrected chi connectivity index (χ2v) is 7.74. The Morgan fingerprint density at radius 3 is 2.50 bits per heavy atom. The molecule has 7 nitrogen and oxygen atoms in total. The maximum Gasteiger partial charge on any atom is 0.270 e. The quantitative estimate of drug-likeness (QED) is 0.607. The van der Waals surface area contributed by atoms with Gasteiger partial charge in [-0.15, -0.1) is 0 Å². The number of nitrogens with zero attached hydrogens (tertiary/aromatic N) is 1. The predicted octanol–water partition coefficient (Wildman–Crippen LogP) is 3.32. The van der Waals surface area contributed by atoms with Crippen LogP contribution in [0.3, 0.4) is 0 Å². The summed E-state index contributed by atoms with van der Waals surface area (Å²) in [6.07, 6.45) is 4.38. The molecule has 0 spiro atoms. The number of amides is 2. The zero-order valence-electron chi connectivity index (χ0n) is 17.9. The molecule has 32 heavy (non-hydrogen) atoms. The molecule has 2 heterocycles. The first-order valence-corrected chi connectivity index (χ1v) is 10.6. The summed E-state index contributed by atoms with van der Waals surface area (Å²) < 4.78 is 5.21. The normalized spacial score (nSPS) is 14.3. The maximum absolute atomic E-state index is 13.2. The summed E-state index contributed by atoms with van der Waals surface area (Å²) in [7, 11) is 1.56. The van der Waals surface area contributed by atoms with Crippen molar-refractivity contribution in [1.82, 2.24) is 15.2 Å². The number of fused-ring (bicyclic) bond motifs is 1. The van der Waals surface area contributed by atoms with Gasteiger partial charge < -0.3 is 19.9 Å². The summed E-state index contributed by atoms with van der Waals surface area (Å²) >= 11 is 0. The Morgan fingerprint density at radius 2 is 1.78 bits per heavy atom. The van der Waals surface area contributed by atoms with Crippen LogP contribution in [0.15, 0.2) is 65.1 Å². The lowest BCUT2D eigenvalue weighted by atomic mass is 10.1. The number of pyridine rings is 1. The van der Waals surface area contributed by atoms with Crippen LogP contribution in [0.1, 0.15) is 35.2 Å². The van der Waals surface area contributed by atoms with E-state index >= 15 is 0 Å². The summed E-state index contributed by atoms with van der Waals surface area (Å²) in [5, 5.41) is 3.52. The Balaban J connectivity index is 1.72. The van der Waals surface area contributed by atoms with E-state index in [0.29, 0.717) is 29.9 Å². The Hall–Kier alpha value is -3.87. The molecule has 1 aliphatic heterocycles. The van der Waals surface area contributed by atoms with E-state index in [1.54, 1.807) is 54.5 Å². The molecule has 1 aromatic heterocycles. The number of ether oxygens (including phenoxy) is 1. The van der Waals surface area contributed by atoms with Crippen LogP contribution in [-0.2, 0) is 4.79 Å². The summed E-state index contributed by atoms with van der Waals surface area (Å²) in [6.45, 7) is 1.26. The molecule has 0 bridgehead atoms. The average Bonchev–Trinajstić information content (AvgIpc) is 2.84. The molecule has 7 heteroatoms. The van der Waals surface area contributed by atoms with Crippen LogP contribution in [0.5, 0.6) is 5.75 Å². The van der Waals surface area contributed by atoms with Gasteiger partial charge in [0.1, 0.15) is 11.4 Å². The van der Waals surface area contributed by atoms with Crippen molar-refractivity contribution in [2.24, 2.45) is 0 Å². The lowest BCUT2D eigenvalue weighted by molar-refractivity contribution is -0.128. The third kappa shape index (κ3) is 4.72. The van der Waals surface area contributed by atoms with E-state index < -0.39 is 5.91 Å². The van der Waals surface area contributed by atoms with Gasteiger partial charge in [0.25, 0.3) is 17.4 Å². The van der Waals surface area contributed by atoms with Crippen molar-refractivity contribution in [2.75, 3.05) is 20.2 Å². The number of benzene rings is 2. The van der Waals surface area contributed by atoms with Crippen molar-refractivity contribution < 1.29 is 14.3 Å². The fourth-order valence-corrected chi connectivity index (χ4v) is 3.79. The lowest BCUT2D eigenvalue weighted by Crippen LogP contribution is -2.41. The van der Waals surface area contributed by atoms with Gasteiger partial charge in [-0.05, 0) is 61.1 Å². The largest absolute Gasteiger partial charge is 0.497 e. The number of rotatable bonds is 5. The van der Waals surface area contributed by atoms with Crippen LogP contribution in [0, 0.1) is 0 Å². The smallest absolute Gasteiger partial charge is 0.270 e. The predicted molar refractivity (Wildman–Crippen MR) is 123 cm³/mol. The van der Waals surface area contributed by atoms with E-state index in [1.807, 2.05) is 12.1 Å². The average molecular weight is 431 g/mol. The third-order valence-electron chi connectivity index (χ3n) is 5.54. The number of likely N-dealkylation sites (tertiary alicyclic amines) is 1. The highest BCUT2D eigenvalue weighted by molar-refractivity contribution is 6.05. The van der Waals surface area contributed by atoms with Crippen molar-refractivity contribution in [3.05, 3.63) is 81.8 Å². The van der Waals surface area contributed by atoms with Gasteiger partial charge in [0.15, 0.2) is 0 Å². The second-order valence-electron chi connectivity index (χ2n) is 7.74. The number of hydrogen-bond acceptors (Lipinski definition) is 4. The highest BCUT2D eigenvalue weighted by Crippen LogP contribution is 2.20. The number of hydrogen-bond donors (Lipinski definition) is 2. The number of aromatic amines is 1. The zero-order valence-corrected chi connectivity index (χ0v) is 17.9. The van der Waals surface area contributed by atoms with Crippen LogP contribution in [0.4, 0.5) is 0 Å². The van der Waals surface area contributed by atoms with E-state index in [9.17, 15) is 14.4 Å². The number of nitrogens with one attached hydrogen (secondary N) is 2. The molecular weight excluding hydrogens is 406 g/mol. The van der Waals surface area contributed by atoms with Crippen LogP contribution in [-0.4, -0.2) is 41.9 Å². The van der Waals surface area contributed by atoms with E-state index in [2.05, 4.69) is 10.3 Å². The lowest BCUT2D eigenvalue weighted by Gasteiger charge is -2.27. The van der Waals surface area contributed by atoms with Crippen LogP contribution in [0.2, 0.25) is 0 Å². The molecule has 3 aromatic rings. The topological polar surface area (TPSA) is 91.5 Å². The Morgan fingerprint density at radius 1 is 1.03 bits per heavy atom. The summed E-state index contributed by atoms with van der Waals surface area (Å²) in [5.41, 5.74) is 1.08. The first-order chi connectivity index (χ1) is 15.5. The first kappa shape index (κ1) is 21.4. The van der Waals surface area contributed by atoms with Crippen LogP contribution < -0.4 is 15.6 Å². The molecule has 1 fully saturated rings. The minimum Gasteiger partial charge on any atom is -0.497 e. The molecule has 0 atom stereocenters. The minimum absolute atomic E-state index is 0.0825. The van der Waals surface area contributed by atoms with Gasteiger partial charge in [0.2, 0.25) is 0 Å². The van der Waals surface area contributed by atoms with Crippen molar-refractivity contribution in [1.29, 1.82) is 0 Å². The molecule has 0 radical (unpaired) electrons. The third-order valence-corrected chi connectivity index (χ3v) is 5.54. The fourth-order valence-electron chi connectivity index (χ4n) is 3.79. The minimum atomic E-state index is -0.399. The Kier molecular flexibility index (Phi) is 6.35. The molecular formula is C25H25N3O4. The van der Waals surface area contributed by atoms with Gasteiger partial charge in [0.05, 0.1) is 12.6 Å². The highest BCUT2D eigenvalue weighted by Gasteiger charge is 2.23. The Labute approximate surface area is 185 Å². The SMILES string of the molecule is COc1ccc2cc(/C=C(\NC(=O)c3ccccc3)C(=O)N3CCCCC3)c(=O)[nH]c2c1. The van der Waals surface area contributed by atoms with E-state index in [0.717, 1.165) is 24.6 Å². The summed E-state index contributed by atoms with van der Waals surface area (Å²) in [5.74, 6) is -0.0556. The molecule has 2 N–H and O–H groups in total. The van der Waals surface area contributed by atoms with Crippen molar-refractivity contribution in [3.8, 4) is 5.75 Å². The Bertz CT molecular complexity index is 1220. The molecule has 2 aromatic carbocycles. The monoisotopic (exact) mass is 431 g/mol. The van der Waals surface area contributed by atoms with Gasteiger partial charge in [0, 0.05) is 30.3 Å². The van der Waals surface area contributed by atoms with E-state index in [4.69, 9.17) is 4.74 Å². The maximum atomic E-state index is 13.2. The molecule has 4 rings (SSSR count). The summed E-state index contributed by atoms with van der Waals surface area (Å²) in [6, 6.07) is 15.7.